The van der Waals surface area contributed by atoms with Crippen molar-refractivity contribution in [2.24, 2.45) is 0 Å². The molecule has 0 amide bonds. The lowest BCUT2D eigenvalue weighted by Gasteiger charge is -2.14. The highest BCUT2D eigenvalue weighted by atomic mass is 16.3. The Labute approximate surface area is 216 Å². The molecule has 1 aliphatic rings. The normalized spacial score (nSPS) is 13.6. The molecule has 0 bridgehead atoms. The van der Waals surface area contributed by atoms with Gasteiger partial charge in [0, 0.05) is 28.3 Å². The van der Waals surface area contributed by atoms with E-state index in [1.165, 1.54) is 11.4 Å². The largest absolute Gasteiger partial charge is 0.454 e. The van der Waals surface area contributed by atoms with Crippen LogP contribution in [0.15, 0.2) is 71.2 Å². The molecule has 7 rings (SSSR count). The first kappa shape index (κ1) is 22.1. The van der Waals surface area contributed by atoms with Gasteiger partial charge in [0.1, 0.15) is 17.2 Å². The van der Waals surface area contributed by atoms with E-state index < -0.39 is 0 Å². The van der Waals surface area contributed by atoms with Gasteiger partial charge >= 0.3 is 0 Å². The molecule has 0 radical (unpaired) electrons. The molecule has 0 aliphatic heterocycles. The van der Waals surface area contributed by atoms with E-state index in [1.807, 2.05) is 6.07 Å². The highest BCUT2D eigenvalue weighted by Crippen LogP contribution is 2.37. The maximum Gasteiger partial charge on any atom is 0.159 e. The molecule has 3 aromatic heterocycles. The number of para-hydroxylation sites is 3. The highest BCUT2D eigenvalue weighted by molar-refractivity contribution is 6.08. The lowest BCUT2D eigenvalue weighted by atomic mass is 10.1. The molecule has 37 heavy (non-hydrogen) atoms. The van der Waals surface area contributed by atoms with E-state index >= 15 is 0 Å². The summed E-state index contributed by atoms with van der Waals surface area (Å²) in [5, 5.41) is 2.22. The van der Waals surface area contributed by atoms with E-state index in [4.69, 9.17) is 14.4 Å². The zero-order chi connectivity index (χ0) is 25.3. The summed E-state index contributed by atoms with van der Waals surface area (Å²) in [5.41, 5.74) is 8.42. The van der Waals surface area contributed by atoms with Crippen molar-refractivity contribution >= 4 is 39.0 Å². The first-order valence-corrected chi connectivity index (χ1v) is 13.2. The topological polar surface area (TPSA) is 48.8 Å². The minimum Gasteiger partial charge on any atom is -0.454 e. The van der Waals surface area contributed by atoms with Gasteiger partial charge in [-0.15, -0.1) is 0 Å². The molecule has 1 aliphatic carbocycles. The molecule has 0 saturated carbocycles. The molecule has 0 fully saturated rings. The summed E-state index contributed by atoms with van der Waals surface area (Å²) in [5.74, 6) is 2.74. The third-order valence-corrected chi connectivity index (χ3v) is 7.42. The number of hydrogen-bond donors (Lipinski definition) is 0. The monoisotopic (exact) mass is 486 g/mol. The second kappa shape index (κ2) is 8.20. The molecular weight excluding hydrogens is 456 g/mol. The van der Waals surface area contributed by atoms with Crippen LogP contribution in [0.4, 0.5) is 0 Å². The summed E-state index contributed by atoms with van der Waals surface area (Å²) in [7, 11) is 0. The van der Waals surface area contributed by atoms with Crippen LogP contribution in [0.2, 0.25) is 0 Å². The number of aromatic nitrogens is 4. The molecule has 6 aromatic rings. The van der Waals surface area contributed by atoms with E-state index in [9.17, 15) is 0 Å². The van der Waals surface area contributed by atoms with Gasteiger partial charge in [0.15, 0.2) is 5.58 Å². The average Bonchev–Trinajstić information content (AvgIpc) is 3.59. The SMILES string of the molecule is CC(C)c1nc2c(n1-c1ccc3oc4c(-n5c(C(C)C)nc6ccccc65)cccc4c3c1)C=CCC2. The second-order valence-electron chi connectivity index (χ2n) is 10.6. The first-order chi connectivity index (χ1) is 18.0. The molecule has 3 heterocycles. The smallest absolute Gasteiger partial charge is 0.159 e. The number of furan rings is 1. The van der Waals surface area contributed by atoms with Gasteiger partial charge in [-0.1, -0.05) is 58.0 Å². The Morgan fingerprint density at radius 3 is 2.46 bits per heavy atom. The highest BCUT2D eigenvalue weighted by Gasteiger charge is 2.22. The van der Waals surface area contributed by atoms with Gasteiger partial charge in [0.05, 0.1) is 28.1 Å². The van der Waals surface area contributed by atoms with E-state index in [-0.39, 0.29) is 5.92 Å². The lowest BCUT2D eigenvalue weighted by molar-refractivity contribution is 0.662. The summed E-state index contributed by atoms with van der Waals surface area (Å²) in [6.07, 6.45) is 6.53. The first-order valence-electron chi connectivity index (χ1n) is 13.2. The van der Waals surface area contributed by atoms with Gasteiger partial charge in [-0.25, -0.2) is 9.97 Å². The summed E-state index contributed by atoms with van der Waals surface area (Å²) in [6, 6.07) is 21.3. The van der Waals surface area contributed by atoms with Gasteiger partial charge in [-0.3, -0.25) is 9.13 Å². The Morgan fingerprint density at radius 1 is 0.811 bits per heavy atom. The predicted octanol–water partition coefficient (Wildman–Crippen LogP) is 8.32. The summed E-state index contributed by atoms with van der Waals surface area (Å²) < 4.78 is 11.2. The van der Waals surface area contributed by atoms with Crippen molar-refractivity contribution in [1.29, 1.82) is 0 Å². The average molecular weight is 487 g/mol. The Kier molecular flexibility index (Phi) is 4.90. The number of nitrogens with zero attached hydrogens (tertiary/aromatic N) is 4. The quantitative estimate of drug-likeness (QED) is 0.252. The number of aryl methyl sites for hydroxylation is 1. The molecule has 0 N–H and O–H groups in total. The van der Waals surface area contributed by atoms with E-state index in [0.29, 0.717) is 5.92 Å². The van der Waals surface area contributed by atoms with Crippen molar-refractivity contribution < 1.29 is 4.42 Å². The minimum atomic E-state index is 0.272. The number of fused-ring (bicyclic) bond motifs is 5. The number of benzene rings is 3. The van der Waals surface area contributed by atoms with Crippen molar-refractivity contribution in [1.82, 2.24) is 19.1 Å². The van der Waals surface area contributed by atoms with Gasteiger partial charge in [-0.05, 0) is 55.3 Å². The molecule has 0 spiro atoms. The lowest BCUT2D eigenvalue weighted by Crippen LogP contribution is -2.05. The van der Waals surface area contributed by atoms with Gasteiger partial charge in [-0.2, -0.15) is 0 Å². The van der Waals surface area contributed by atoms with Gasteiger partial charge in [0.2, 0.25) is 0 Å². The Balaban J connectivity index is 1.48. The minimum absolute atomic E-state index is 0.272. The van der Waals surface area contributed by atoms with Crippen LogP contribution in [0.5, 0.6) is 0 Å². The third kappa shape index (κ3) is 3.30. The standard InChI is InChI=1S/C32H30N4O/c1-19(2)31-33-24-11-5-7-13-26(24)35(31)21-16-17-29-23(18-21)22-10-9-15-28(30(22)37-29)36-27-14-8-6-12-25(27)34-32(36)20(3)4/h6-10,12-20H,5,11H2,1-4H3. The zero-order valence-electron chi connectivity index (χ0n) is 21.7. The molecule has 0 unspecified atom stereocenters. The molecule has 5 nitrogen and oxygen atoms in total. The Bertz CT molecular complexity index is 1840. The number of imidazole rings is 2. The number of hydrogen-bond acceptors (Lipinski definition) is 3. The van der Waals surface area contributed by atoms with Crippen molar-refractivity contribution in [3.8, 4) is 11.4 Å². The fourth-order valence-electron chi connectivity index (χ4n) is 5.70. The van der Waals surface area contributed by atoms with Crippen LogP contribution >= 0.6 is 0 Å². The molecule has 184 valence electrons. The number of allylic oxidation sites excluding steroid dienone is 1. The van der Waals surface area contributed by atoms with Crippen molar-refractivity contribution in [3.05, 3.63) is 89.8 Å². The molecular formula is C32H30N4O. The van der Waals surface area contributed by atoms with Crippen LogP contribution < -0.4 is 0 Å². The summed E-state index contributed by atoms with van der Waals surface area (Å²) >= 11 is 0. The zero-order valence-corrected chi connectivity index (χ0v) is 21.7. The fourth-order valence-corrected chi connectivity index (χ4v) is 5.70. The van der Waals surface area contributed by atoms with Crippen LogP contribution in [-0.2, 0) is 6.42 Å². The van der Waals surface area contributed by atoms with E-state index in [2.05, 4.69) is 104 Å². The summed E-state index contributed by atoms with van der Waals surface area (Å²) in [4.78, 5) is 10.0. The molecule has 3 aromatic carbocycles. The Morgan fingerprint density at radius 2 is 1.62 bits per heavy atom. The fraction of sp³-hybridized carbons (Fsp3) is 0.250. The van der Waals surface area contributed by atoms with Gasteiger partial charge < -0.3 is 4.42 Å². The van der Waals surface area contributed by atoms with Crippen LogP contribution in [0, 0.1) is 0 Å². The summed E-state index contributed by atoms with van der Waals surface area (Å²) in [6.45, 7) is 8.81. The van der Waals surface area contributed by atoms with Crippen molar-refractivity contribution in [2.45, 2.75) is 52.4 Å². The van der Waals surface area contributed by atoms with Crippen molar-refractivity contribution in [2.75, 3.05) is 0 Å². The Hall–Kier alpha value is -4.12. The second-order valence-corrected chi connectivity index (χ2v) is 10.6. The predicted molar refractivity (Wildman–Crippen MR) is 151 cm³/mol. The van der Waals surface area contributed by atoms with Crippen LogP contribution in [0.1, 0.15) is 69.0 Å². The van der Waals surface area contributed by atoms with E-state index in [1.54, 1.807) is 0 Å². The van der Waals surface area contributed by atoms with Gasteiger partial charge in [0.25, 0.3) is 0 Å². The van der Waals surface area contributed by atoms with E-state index in [0.717, 1.165) is 68.8 Å². The maximum atomic E-state index is 6.57. The molecule has 5 heteroatoms. The maximum absolute atomic E-state index is 6.57. The third-order valence-electron chi connectivity index (χ3n) is 7.42. The van der Waals surface area contributed by atoms with Crippen LogP contribution in [-0.4, -0.2) is 19.1 Å². The van der Waals surface area contributed by atoms with Crippen LogP contribution in [0.3, 0.4) is 0 Å². The van der Waals surface area contributed by atoms with Crippen LogP contribution in [0.25, 0.3) is 50.4 Å². The van der Waals surface area contributed by atoms with Crippen molar-refractivity contribution in [3.63, 3.8) is 0 Å². The number of rotatable bonds is 4. The molecule has 0 saturated heterocycles. The molecule has 0 atom stereocenters.